The Labute approximate surface area is 184 Å². The second-order valence-electron chi connectivity index (χ2n) is 7.71. The number of carbonyl (C=O) groups is 2. The molecule has 162 valence electrons. The molecule has 2 aliphatic heterocycles. The Morgan fingerprint density at radius 3 is 2.47 bits per heavy atom. The van der Waals surface area contributed by atoms with E-state index in [0.29, 0.717) is 34.3 Å². The molecule has 0 spiro atoms. The lowest BCUT2D eigenvalue weighted by molar-refractivity contribution is -0.132. The van der Waals surface area contributed by atoms with E-state index in [9.17, 15) is 14.7 Å². The van der Waals surface area contributed by atoms with Gasteiger partial charge in [-0.1, -0.05) is 31.2 Å². The Balaban J connectivity index is 1.67. The molecule has 1 aromatic heterocycles. The summed E-state index contributed by atoms with van der Waals surface area (Å²) in [4.78, 5) is 27.6. The molecule has 32 heavy (non-hydrogen) atoms. The summed E-state index contributed by atoms with van der Waals surface area (Å²) in [6, 6.07) is 14.8. The number of nitrogens with zero attached hydrogens (tertiary/aromatic N) is 1. The summed E-state index contributed by atoms with van der Waals surface area (Å²) < 4.78 is 16.6. The summed E-state index contributed by atoms with van der Waals surface area (Å²) in [5, 5.41) is 11.1. The number of aliphatic hydroxyl groups excluding tert-OH is 1. The van der Waals surface area contributed by atoms with Crippen molar-refractivity contribution >= 4 is 23.1 Å². The Morgan fingerprint density at radius 2 is 1.78 bits per heavy atom. The van der Waals surface area contributed by atoms with E-state index in [-0.39, 0.29) is 18.1 Å². The van der Waals surface area contributed by atoms with Crippen LogP contribution in [0.15, 0.2) is 64.6 Å². The van der Waals surface area contributed by atoms with Crippen molar-refractivity contribution < 1.29 is 28.6 Å². The Hall–Kier alpha value is -4.00. The summed E-state index contributed by atoms with van der Waals surface area (Å²) in [5.74, 6) is 0.275. The van der Waals surface area contributed by atoms with E-state index in [4.69, 9.17) is 13.9 Å². The number of aryl methyl sites for hydroxylation is 2. The predicted octanol–water partition coefficient (Wildman–Crippen LogP) is 4.51. The third kappa shape index (κ3) is 3.13. The SMILES string of the molecule is CCc1ccc(/C(O)=C2/C(=O)C(=O)N(c3ccc4c(c3)OCO4)C2c2ccc(C)o2)cc1. The van der Waals surface area contributed by atoms with E-state index in [1.165, 1.54) is 4.90 Å². The van der Waals surface area contributed by atoms with Gasteiger partial charge in [0.2, 0.25) is 6.79 Å². The number of carbonyl (C=O) groups excluding carboxylic acids is 2. The summed E-state index contributed by atoms with van der Waals surface area (Å²) in [6.07, 6.45) is 0.848. The number of ketones is 1. The normalized spacial score (nSPS) is 19.1. The van der Waals surface area contributed by atoms with E-state index in [0.717, 1.165) is 12.0 Å². The van der Waals surface area contributed by atoms with Crippen molar-refractivity contribution in [1.82, 2.24) is 0 Å². The molecule has 2 aliphatic rings. The fourth-order valence-corrected chi connectivity index (χ4v) is 4.06. The average molecular weight is 431 g/mol. The van der Waals surface area contributed by atoms with E-state index in [1.54, 1.807) is 49.4 Å². The van der Waals surface area contributed by atoms with Crippen LogP contribution in [0, 0.1) is 6.92 Å². The minimum atomic E-state index is -0.921. The van der Waals surface area contributed by atoms with Crippen molar-refractivity contribution in [1.29, 1.82) is 0 Å². The zero-order chi connectivity index (χ0) is 22.4. The number of benzene rings is 2. The van der Waals surface area contributed by atoms with Gasteiger partial charge in [0.1, 0.15) is 23.3 Å². The van der Waals surface area contributed by atoms with E-state index in [1.807, 2.05) is 19.1 Å². The monoisotopic (exact) mass is 431 g/mol. The van der Waals surface area contributed by atoms with Crippen molar-refractivity contribution in [2.75, 3.05) is 11.7 Å². The second-order valence-corrected chi connectivity index (χ2v) is 7.71. The molecule has 0 bridgehead atoms. The van der Waals surface area contributed by atoms with Gasteiger partial charge in [-0.15, -0.1) is 0 Å². The van der Waals surface area contributed by atoms with E-state index >= 15 is 0 Å². The number of hydrogen-bond donors (Lipinski definition) is 1. The molecule has 0 saturated carbocycles. The number of amides is 1. The minimum Gasteiger partial charge on any atom is -0.507 e. The number of fused-ring (bicyclic) bond motifs is 1. The minimum absolute atomic E-state index is 0.0220. The summed E-state index contributed by atoms with van der Waals surface area (Å²) in [5.41, 5.74) is 1.97. The summed E-state index contributed by atoms with van der Waals surface area (Å²) >= 11 is 0. The lowest BCUT2D eigenvalue weighted by Gasteiger charge is -2.23. The highest BCUT2D eigenvalue weighted by molar-refractivity contribution is 6.51. The van der Waals surface area contributed by atoms with Gasteiger partial charge in [-0.2, -0.15) is 0 Å². The number of ether oxygens (including phenoxy) is 2. The lowest BCUT2D eigenvalue weighted by Crippen LogP contribution is -2.29. The van der Waals surface area contributed by atoms with Gasteiger partial charge in [0.25, 0.3) is 11.7 Å². The standard InChI is InChI=1S/C25H21NO6/c1-3-15-5-7-16(8-6-15)23(27)21-22(19-10-4-14(2)32-19)26(25(29)24(21)28)17-9-11-18-20(12-17)31-13-30-18/h4-12,22,27H,3,13H2,1-2H3/b23-21-. The maximum Gasteiger partial charge on any atom is 0.300 e. The third-order valence-electron chi connectivity index (χ3n) is 5.75. The van der Waals surface area contributed by atoms with Crippen LogP contribution in [0.4, 0.5) is 5.69 Å². The number of hydrogen-bond acceptors (Lipinski definition) is 6. The highest BCUT2D eigenvalue weighted by Crippen LogP contribution is 2.45. The van der Waals surface area contributed by atoms with Gasteiger partial charge in [0.15, 0.2) is 11.5 Å². The number of aliphatic hydroxyl groups is 1. The fourth-order valence-electron chi connectivity index (χ4n) is 4.06. The van der Waals surface area contributed by atoms with Crippen LogP contribution in [0.5, 0.6) is 11.5 Å². The first-order valence-electron chi connectivity index (χ1n) is 10.3. The van der Waals surface area contributed by atoms with Crippen LogP contribution in [0.3, 0.4) is 0 Å². The smallest absolute Gasteiger partial charge is 0.300 e. The van der Waals surface area contributed by atoms with Gasteiger partial charge in [-0.3, -0.25) is 14.5 Å². The van der Waals surface area contributed by atoms with Crippen LogP contribution in [-0.2, 0) is 16.0 Å². The molecule has 3 heterocycles. The van der Waals surface area contributed by atoms with Gasteiger partial charge < -0.3 is 19.0 Å². The zero-order valence-electron chi connectivity index (χ0n) is 17.6. The largest absolute Gasteiger partial charge is 0.507 e. The number of anilines is 1. The highest BCUT2D eigenvalue weighted by Gasteiger charge is 2.48. The lowest BCUT2D eigenvalue weighted by atomic mass is 9.98. The van der Waals surface area contributed by atoms with Crippen LogP contribution in [0.1, 0.15) is 35.6 Å². The molecule has 1 amide bonds. The molecule has 7 heteroatoms. The first kappa shape index (κ1) is 19.9. The van der Waals surface area contributed by atoms with Crippen LogP contribution in [0.25, 0.3) is 5.76 Å². The molecule has 3 aromatic rings. The highest BCUT2D eigenvalue weighted by atomic mass is 16.7. The van der Waals surface area contributed by atoms with Crippen molar-refractivity contribution in [3.63, 3.8) is 0 Å². The maximum atomic E-state index is 13.2. The number of furan rings is 1. The molecule has 1 unspecified atom stereocenters. The maximum absolute atomic E-state index is 13.2. The average Bonchev–Trinajstić information content (AvgIpc) is 3.51. The molecule has 1 atom stereocenters. The van der Waals surface area contributed by atoms with Crippen LogP contribution in [0.2, 0.25) is 0 Å². The van der Waals surface area contributed by atoms with E-state index in [2.05, 4.69) is 0 Å². The molecule has 0 radical (unpaired) electrons. The van der Waals surface area contributed by atoms with Gasteiger partial charge in [0, 0.05) is 17.3 Å². The molecule has 7 nitrogen and oxygen atoms in total. The molecular weight excluding hydrogens is 410 g/mol. The van der Waals surface area contributed by atoms with Gasteiger partial charge in [0.05, 0.1) is 5.57 Å². The Kier molecular flexibility index (Phi) is 4.74. The molecular formula is C25H21NO6. The predicted molar refractivity (Wildman–Crippen MR) is 117 cm³/mol. The number of rotatable bonds is 4. The first-order valence-corrected chi connectivity index (χ1v) is 10.3. The fraction of sp³-hybridized carbons (Fsp3) is 0.200. The molecule has 5 rings (SSSR count). The second kappa shape index (κ2) is 7.60. The topological polar surface area (TPSA) is 89.2 Å². The quantitative estimate of drug-likeness (QED) is 0.372. The molecule has 2 aromatic carbocycles. The van der Waals surface area contributed by atoms with Gasteiger partial charge >= 0.3 is 0 Å². The zero-order valence-corrected chi connectivity index (χ0v) is 17.6. The van der Waals surface area contributed by atoms with Crippen LogP contribution in [-0.4, -0.2) is 23.6 Å². The van der Waals surface area contributed by atoms with Crippen molar-refractivity contribution in [2.45, 2.75) is 26.3 Å². The van der Waals surface area contributed by atoms with E-state index < -0.39 is 17.7 Å². The van der Waals surface area contributed by atoms with Crippen molar-refractivity contribution in [3.05, 3.63) is 82.8 Å². The Morgan fingerprint density at radius 1 is 1.03 bits per heavy atom. The molecule has 0 aliphatic carbocycles. The van der Waals surface area contributed by atoms with Crippen LogP contribution < -0.4 is 14.4 Å². The Bertz CT molecular complexity index is 1250. The van der Waals surface area contributed by atoms with Crippen molar-refractivity contribution in [2.24, 2.45) is 0 Å². The van der Waals surface area contributed by atoms with Crippen LogP contribution >= 0.6 is 0 Å². The summed E-state index contributed by atoms with van der Waals surface area (Å²) in [6.45, 7) is 3.90. The molecule has 1 fully saturated rings. The molecule has 1 N–H and O–H groups in total. The van der Waals surface area contributed by atoms with Crippen molar-refractivity contribution in [3.8, 4) is 11.5 Å². The molecule has 1 saturated heterocycles. The first-order chi connectivity index (χ1) is 15.5. The number of Topliss-reactive ketones (excluding diaryl/α,β-unsaturated/α-hetero) is 1. The third-order valence-corrected chi connectivity index (χ3v) is 5.75. The van der Waals surface area contributed by atoms with Gasteiger partial charge in [-0.25, -0.2) is 0 Å². The van der Waals surface area contributed by atoms with Gasteiger partial charge in [-0.05, 0) is 43.2 Å². The summed E-state index contributed by atoms with van der Waals surface area (Å²) in [7, 11) is 0.